The van der Waals surface area contributed by atoms with E-state index < -0.39 is 42.8 Å². The number of nitrogens with zero attached hydrogens (tertiary/aromatic N) is 2. The van der Waals surface area contributed by atoms with Crippen molar-refractivity contribution in [2.75, 3.05) is 13.2 Å². The highest BCUT2D eigenvalue weighted by Crippen LogP contribution is 2.25. The summed E-state index contributed by atoms with van der Waals surface area (Å²) in [6.07, 6.45) is -0.740. The molecule has 1 aromatic carbocycles. The fraction of sp³-hybridized carbons (Fsp3) is 0.500. The van der Waals surface area contributed by atoms with E-state index in [9.17, 15) is 29.3 Å². The Morgan fingerprint density at radius 1 is 1.38 bits per heavy atom. The van der Waals surface area contributed by atoms with Crippen LogP contribution in [0.2, 0.25) is 6.32 Å². The van der Waals surface area contributed by atoms with E-state index in [1.807, 2.05) is 26.8 Å². The van der Waals surface area contributed by atoms with Gasteiger partial charge in [0, 0.05) is 12.7 Å². The van der Waals surface area contributed by atoms with Gasteiger partial charge < -0.3 is 25.0 Å². The molecule has 2 amide bonds. The lowest BCUT2D eigenvalue weighted by Crippen LogP contribution is -2.41. The summed E-state index contributed by atoms with van der Waals surface area (Å²) in [6.45, 7) is 5.10. The second-order valence-electron chi connectivity index (χ2n) is 8.90. The van der Waals surface area contributed by atoms with Gasteiger partial charge in [-0.1, -0.05) is 57.2 Å². The molecule has 0 saturated carbocycles. The molecule has 0 aromatic heterocycles. The second kappa shape index (κ2) is 11.1. The van der Waals surface area contributed by atoms with Crippen molar-refractivity contribution in [2.24, 2.45) is 5.41 Å². The van der Waals surface area contributed by atoms with Crippen LogP contribution in [0.1, 0.15) is 38.8 Å². The van der Waals surface area contributed by atoms with Crippen molar-refractivity contribution in [3.05, 3.63) is 47.5 Å². The highest BCUT2D eigenvalue weighted by molar-refractivity contribution is 6.41. The molecule has 0 spiro atoms. The zero-order chi connectivity index (χ0) is 23.9. The zero-order valence-electron chi connectivity index (χ0n) is 18.5. The summed E-state index contributed by atoms with van der Waals surface area (Å²) in [7, 11) is -1.64. The van der Waals surface area contributed by atoms with Gasteiger partial charge in [-0.05, 0) is 11.0 Å². The number of allylic oxidation sites excluding steroid dienone is 1. The molecule has 0 bridgehead atoms. The molecule has 3 N–H and O–H groups in total. The van der Waals surface area contributed by atoms with Crippen LogP contribution in [0.25, 0.3) is 0 Å². The molecule has 2 rings (SSSR count). The molecule has 1 aromatic rings. The van der Waals surface area contributed by atoms with Gasteiger partial charge in [-0.15, -0.1) is 0 Å². The Kier molecular flexibility index (Phi) is 8.81. The van der Waals surface area contributed by atoms with Gasteiger partial charge in [0.1, 0.15) is 24.4 Å². The zero-order valence-corrected chi connectivity index (χ0v) is 18.5. The van der Waals surface area contributed by atoms with E-state index in [-0.39, 0.29) is 31.5 Å². The summed E-state index contributed by atoms with van der Waals surface area (Å²) in [6, 6.07) is 9.20. The molecule has 1 aliphatic heterocycles. The minimum absolute atomic E-state index is 0.00921. The van der Waals surface area contributed by atoms with Crippen LogP contribution in [-0.2, 0) is 9.53 Å². The van der Waals surface area contributed by atoms with E-state index in [1.54, 1.807) is 30.3 Å². The lowest BCUT2D eigenvalue weighted by Gasteiger charge is -2.25. The van der Waals surface area contributed by atoms with Crippen molar-refractivity contribution in [1.82, 2.24) is 10.2 Å². The predicted molar refractivity (Wildman–Crippen MR) is 117 cm³/mol. The SMILES string of the molecule is CC(C)(C)/C=C(\C#N)C(=O)N1CC(F)CC1COC(=O)N[C@H](CB(O)O)c1ccccc1. The second-order valence-corrected chi connectivity index (χ2v) is 8.90. The number of hydrogen-bond acceptors (Lipinski definition) is 6. The standard InChI is InChI=1S/C22H29BFN3O5/c1-22(2,3)10-16(12-25)20(28)27-13-17(24)9-18(27)14-32-21(29)26-19(11-23(30)31)15-7-5-4-6-8-15/h4-8,10,17-19,30-31H,9,11,13-14H2,1-3H3,(H,26,29)/b16-10+/t17?,18?,19-/m1/s1. The first-order valence-electron chi connectivity index (χ1n) is 10.4. The van der Waals surface area contributed by atoms with Gasteiger partial charge in [0.25, 0.3) is 5.91 Å². The predicted octanol–water partition coefficient (Wildman–Crippen LogP) is 2.36. The number of carbonyl (C=O) groups excluding carboxylic acids is 2. The van der Waals surface area contributed by atoms with Gasteiger partial charge >= 0.3 is 13.2 Å². The van der Waals surface area contributed by atoms with E-state index in [1.165, 1.54) is 11.0 Å². The van der Waals surface area contributed by atoms with Crippen LogP contribution in [-0.4, -0.2) is 59.4 Å². The Balaban J connectivity index is 2.04. The number of halogens is 1. The highest BCUT2D eigenvalue weighted by atomic mass is 19.1. The minimum atomic E-state index is -1.64. The third-order valence-corrected chi connectivity index (χ3v) is 4.90. The molecule has 8 nitrogen and oxygen atoms in total. The highest BCUT2D eigenvalue weighted by Gasteiger charge is 2.38. The van der Waals surface area contributed by atoms with Gasteiger partial charge in [-0.25, -0.2) is 9.18 Å². The van der Waals surface area contributed by atoms with Crippen molar-refractivity contribution in [3.8, 4) is 6.07 Å². The number of rotatable bonds is 7. The van der Waals surface area contributed by atoms with E-state index in [0.29, 0.717) is 5.56 Å². The molecule has 1 saturated heterocycles. The van der Waals surface area contributed by atoms with E-state index in [0.717, 1.165) is 0 Å². The maximum Gasteiger partial charge on any atom is 0.453 e. The Morgan fingerprint density at radius 2 is 2.03 bits per heavy atom. The van der Waals surface area contributed by atoms with Crippen molar-refractivity contribution in [2.45, 2.75) is 51.8 Å². The first-order valence-corrected chi connectivity index (χ1v) is 10.4. The molecule has 2 unspecified atom stereocenters. The quantitative estimate of drug-likeness (QED) is 0.337. The van der Waals surface area contributed by atoms with E-state index in [4.69, 9.17) is 4.74 Å². The molecular weight excluding hydrogens is 416 g/mol. The van der Waals surface area contributed by atoms with Gasteiger partial charge in [-0.2, -0.15) is 5.26 Å². The van der Waals surface area contributed by atoms with E-state index >= 15 is 0 Å². The number of likely N-dealkylation sites (tertiary alicyclic amines) is 1. The van der Waals surface area contributed by atoms with Crippen LogP contribution < -0.4 is 5.32 Å². The summed E-state index contributed by atoms with van der Waals surface area (Å²) < 4.78 is 19.3. The first kappa shape index (κ1) is 25.4. The number of hydrogen-bond donors (Lipinski definition) is 3. The molecule has 3 atom stereocenters. The number of alkyl carbamates (subject to hydrolysis) is 1. The number of nitriles is 1. The molecule has 0 aliphatic carbocycles. The van der Waals surface area contributed by atoms with Crippen molar-refractivity contribution in [1.29, 1.82) is 5.26 Å². The van der Waals surface area contributed by atoms with Crippen molar-refractivity contribution < 1.29 is 28.8 Å². The number of amides is 2. The Morgan fingerprint density at radius 3 is 2.59 bits per heavy atom. The summed E-state index contributed by atoms with van der Waals surface area (Å²) in [5.74, 6) is -0.595. The average Bonchev–Trinajstić information content (AvgIpc) is 3.09. The van der Waals surface area contributed by atoms with Gasteiger partial charge in [0.15, 0.2) is 0 Å². The maximum absolute atomic E-state index is 14.1. The topological polar surface area (TPSA) is 123 Å². The van der Waals surface area contributed by atoms with Crippen LogP contribution >= 0.6 is 0 Å². The minimum Gasteiger partial charge on any atom is -0.447 e. The van der Waals surface area contributed by atoms with Gasteiger partial charge in [-0.3, -0.25) is 4.79 Å². The Labute approximate surface area is 187 Å². The van der Waals surface area contributed by atoms with E-state index in [2.05, 4.69) is 5.32 Å². The number of ether oxygens (including phenoxy) is 1. The van der Waals surface area contributed by atoms with Crippen LogP contribution in [0.5, 0.6) is 0 Å². The summed E-state index contributed by atoms with van der Waals surface area (Å²) in [4.78, 5) is 26.4. The number of alkyl halides is 1. The molecular formula is C22H29BFN3O5. The normalized spacial score (nSPS) is 19.8. The summed E-state index contributed by atoms with van der Waals surface area (Å²) >= 11 is 0. The number of nitrogens with one attached hydrogen (secondary N) is 1. The Hall–Kier alpha value is -2.90. The molecule has 10 heteroatoms. The molecule has 32 heavy (non-hydrogen) atoms. The van der Waals surface area contributed by atoms with Crippen LogP contribution in [0.4, 0.5) is 9.18 Å². The lowest BCUT2D eigenvalue weighted by atomic mass is 9.79. The summed E-state index contributed by atoms with van der Waals surface area (Å²) in [5.41, 5.74) is 0.165. The first-order chi connectivity index (χ1) is 15.0. The van der Waals surface area contributed by atoms with Gasteiger partial charge in [0.2, 0.25) is 0 Å². The largest absolute Gasteiger partial charge is 0.453 e. The molecule has 1 aliphatic rings. The average molecular weight is 445 g/mol. The molecule has 0 radical (unpaired) electrons. The van der Waals surface area contributed by atoms with Crippen LogP contribution in [0, 0.1) is 16.7 Å². The third-order valence-electron chi connectivity index (χ3n) is 4.90. The van der Waals surface area contributed by atoms with Gasteiger partial charge in [0.05, 0.1) is 18.6 Å². The fourth-order valence-corrected chi connectivity index (χ4v) is 3.53. The third kappa shape index (κ3) is 7.66. The number of benzene rings is 1. The monoisotopic (exact) mass is 445 g/mol. The van der Waals surface area contributed by atoms with Crippen LogP contribution in [0.3, 0.4) is 0 Å². The number of carbonyl (C=O) groups is 2. The molecule has 172 valence electrons. The van der Waals surface area contributed by atoms with Crippen molar-refractivity contribution in [3.63, 3.8) is 0 Å². The van der Waals surface area contributed by atoms with Crippen molar-refractivity contribution >= 4 is 19.1 Å². The summed E-state index contributed by atoms with van der Waals surface area (Å²) in [5, 5.41) is 30.6. The van der Waals surface area contributed by atoms with Crippen LogP contribution in [0.15, 0.2) is 42.0 Å². The molecule has 1 fully saturated rings. The maximum atomic E-state index is 14.1. The molecule has 1 heterocycles. The smallest absolute Gasteiger partial charge is 0.447 e. The fourth-order valence-electron chi connectivity index (χ4n) is 3.53. The Bertz CT molecular complexity index is 867. The lowest BCUT2D eigenvalue weighted by molar-refractivity contribution is -0.128.